The van der Waals surface area contributed by atoms with E-state index in [9.17, 15) is 4.55 Å². The SMILES string of the molecule is Cc1ccc(Cc2ccc(N(N)C3CC3)c(N)c2C)cc1CN1CC2CCCCN2c2ncccc2[S+]1[O-]. The number of nitrogen functional groups attached to an aromatic ring is 1. The average molecular weight is 531 g/mol. The first-order valence-electron chi connectivity index (χ1n) is 13.8. The monoisotopic (exact) mass is 530 g/mol. The molecule has 0 radical (unpaired) electrons. The molecule has 3 aliphatic rings. The number of rotatable bonds is 6. The van der Waals surface area contributed by atoms with Gasteiger partial charge in [-0.3, -0.25) is 0 Å². The Morgan fingerprint density at radius 1 is 1.08 bits per heavy atom. The Morgan fingerprint density at radius 2 is 1.92 bits per heavy atom. The molecular weight excluding hydrogens is 492 g/mol. The second-order valence-corrected chi connectivity index (χ2v) is 12.6. The molecule has 0 bridgehead atoms. The van der Waals surface area contributed by atoms with Crippen molar-refractivity contribution in [3.63, 3.8) is 0 Å². The number of pyridine rings is 1. The zero-order chi connectivity index (χ0) is 26.4. The van der Waals surface area contributed by atoms with Crippen molar-refractivity contribution in [2.45, 2.75) is 75.9 Å². The maximum absolute atomic E-state index is 13.8. The topological polar surface area (TPSA) is 97.7 Å². The Hall–Kier alpha value is -2.78. The lowest BCUT2D eigenvalue weighted by molar-refractivity contribution is 0.343. The molecule has 1 saturated heterocycles. The summed E-state index contributed by atoms with van der Waals surface area (Å²) in [6.45, 7) is 6.65. The molecule has 2 aliphatic heterocycles. The molecule has 7 nitrogen and oxygen atoms in total. The van der Waals surface area contributed by atoms with Crippen molar-refractivity contribution in [3.8, 4) is 0 Å². The predicted octanol–water partition coefficient (Wildman–Crippen LogP) is 4.61. The van der Waals surface area contributed by atoms with E-state index in [2.05, 4.69) is 58.4 Å². The van der Waals surface area contributed by atoms with Gasteiger partial charge in [-0.1, -0.05) is 24.3 Å². The third-order valence-electron chi connectivity index (χ3n) is 8.46. The molecule has 1 saturated carbocycles. The lowest BCUT2D eigenvalue weighted by Gasteiger charge is -2.35. The summed E-state index contributed by atoms with van der Waals surface area (Å²) in [6, 6.07) is 15.5. The first kappa shape index (κ1) is 25.5. The lowest BCUT2D eigenvalue weighted by atomic mass is 9.95. The second-order valence-electron chi connectivity index (χ2n) is 11.1. The van der Waals surface area contributed by atoms with Crippen molar-refractivity contribution in [3.05, 3.63) is 76.5 Å². The summed E-state index contributed by atoms with van der Waals surface area (Å²) in [5.74, 6) is 7.21. The predicted molar refractivity (Wildman–Crippen MR) is 155 cm³/mol. The van der Waals surface area contributed by atoms with Gasteiger partial charge in [-0.25, -0.2) is 10.8 Å². The molecule has 2 fully saturated rings. The second kappa shape index (κ2) is 10.4. The molecule has 200 valence electrons. The number of nitrogens with two attached hydrogens (primary N) is 2. The molecule has 2 atom stereocenters. The fourth-order valence-electron chi connectivity index (χ4n) is 5.91. The highest BCUT2D eigenvalue weighted by atomic mass is 32.2. The number of hydrogen-bond donors (Lipinski definition) is 2. The van der Waals surface area contributed by atoms with Crippen LogP contribution in [0.3, 0.4) is 0 Å². The van der Waals surface area contributed by atoms with Crippen molar-refractivity contribution < 1.29 is 4.55 Å². The number of piperidine rings is 1. The lowest BCUT2D eigenvalue weighted by Crippen LogP contribution is -2.45. The van der Waals surface area contributed by atoms with Gasteiger partial charge in [0.2, 0.25) is 4.90 Å². The standard InChI is InChI=1S/C30H38N6OS/c1-20-8-9-22(16-23-10-13-27(29(31)21(23)2)36(32)25-11-12-25)17-24(20)18-34-19-26-6-3-4-15-35(26)30-28(38(34)37)7-5-14-33-30/h5,7-10,13-14,17,25-26H,3-4,6,11-12,15-16,18-19,31-32H2,1-2H3. The molecule has 4 N–H and O–H groups in total. The summed E-state index contributed by atoms with van der Waals surface area (Å²) in [7, 11) is 0. The van der Waals surface area contributed by atoms with Crippen LogP contribution in [-0.4, -0.2) is 39.0 Å². The third-order valence-corrected chi connectivity index (χ3v) is 9.91. The van der Waals surface area contributed by atoms with Crippen LogP contribution in [0.4, 0.5) is 17.2 Å². The Morgan fingerprint density at radius 3 is 2.74 bits per heavy atom. The van der Waals surface area contributed by atoms with Gasteiger partial charge in [0.1, 0.15) is 0 Å². The van der Waals surface area contributed by atoms with Crippen molar-refractivity contribution in [1.29, 1.82) is 0 Å². The molecule has 2 unspecified atom stereocenters. The van der Waals surface area contributed by atoms with Gasteiger partial charge in [0.05, 0.1) is 35.8 Å². The van der Waals surface area contributed by atoms with Gasteiger partial charge in [-0.2, -0.15) is 0 Å². The summed E-state index contributed by atoms with van der Waals surface area (Å²) >= 11 is -1.26. The number of aromatic nitrogens is 1. The minimum absolute atomic E-state index is 0.342. The fourth-order valence-corrected chi connectivity index (χ4v) is 7.27. The molecule has 3 heterocycles. The quantitative estimate of drug-likeness (QED) is 0.208. The van der Waals surface area contributed by atoms with Gasteiger partial charge in [0, 0.05) is 30.9 Å². The normalized spacial score (nSPS) is 21.5. The van der Waals surface area contributed by atoms with E-state index in [0.717, 1.165) is 72.8 Å². The molecule has 8 heteroatoms. The molecule has 1 aromatic heterocycles. The number of hydrogen-bond acceptors (Lipinski definition) is 7. The van der Waals surface area contributed by atoms with Gasteiger partial charge in [0.15, 0.2) is 5.82 Å². The smallest absolute Gasteiger partial charge is 0.216 e. The van der Waals surface area contributed by atoms with E-state index in [1.807, 2.05) is 23.3 Å². The number of hydrazine groups is 1. The number of benzene rings is 2. The van der Waals surface area contributed by atoms with Gasteiger partial charge < -0.3 is 20.2 Å². The van der Waals surface area contributed by atoms with E-state index in [1.54, 1.807) is 0 Å². The highest BCUT2D eigenvalue weighted by molar-refractivity contribution is 7.89. The van der Waals surface area contributed by atoms with Crippen LogP contribution >= 0.6 is 0 Å². The van der Waals surface area contributed by atoms with Crippen LogP contribution < -0.4 is 21.5 Å². The average Bonchev–Trinajstić information content (AvgIpc) is 3.78. The summed E-state index contributed by atoms with van der Waals surface area (Å²) in [5, 5.41) is 1.83. The minimum Gasteiger partial charge on any atom is -0.593 e. The van der Waals surface area contributed by atoms with Crippen LogP contribution in [0.25, 0.3) is 0 Å². The summed E-state index contributed by atoms with van der Waals surface area (Å²) in [6.07, 6.45) is 8.36. The molecule has 1 aliphatic carbocycles. The van der Waals surface area contributed by atoms with E-state index >= 15 is 0 Å². The number of anilines is 3. The van der Waals surface area contributed by atoms with Gasteiger partial charge >= 0.3 is 0 Å². The van der Waals surface area contributed by atoms with Crippen molar-refractivity contribution in [1.82, 2.24) is 9.29 Å². The van der Waals surface area contributed by atoms with Crippen LogP contribution in [0, 0.1) is 13.8 Å². The summed E-state index contributed by atoms with van der Waals surface area (Å²) < 4.78 is 16.0. The first-order valence-corrected chi connectivity index (χ1v) is 14.9. The maximum Gasteiger partial charge on any atom is 0.216 e. The molecular formula is C30H38N6OS. The van der Waals surface area contributed by atoms with Crippen molar-refractivity contribution in [2.24, 2.45) is 5.84 Å². The Labute approximate surface area is 229 Å². The van der Waals surface area contributed by atoms with E-state index in [-0.39, 0.29) is 0 Å². The number of nitrogens with zero attached hydrogens (tertiary/aromatic N) is 4. The van der Waals surface area contributed by atoms with Crippen LogP contribution in [-0.2, 0) is 24.3 Å². The molecule has 38 heavy (non-hydrogen) atoms. The highest BCUT2D eigenvalue weighted by Crippen LogP contribution is 2.37. The Kier molecular flexibility index (Phi) is 6.99. The van der Waals surface area contributed by atoms with Gasteiger partial charge in [-0.05, 0) is 92.3 Å². The maximum atomic E-state index is 13.8. The third kappa shape index (κ3) is 4.86. The van der Waals surface area contributed by atoms with Crippen LogP contribution in [0.1, 0.15) is 59.9 Å². The number of fused-ring (bicyclic) bond motifs is 3. The van der Waals surface area contributed by atoms with Crippen LogP contribution in [0.15, 0.2) is 53.6 Å². The zero-order valence-electron chi connectivity index (χ0n) is 22.4. The Bertz CT molecular complexity index is 1330. The zero-order valence-corrected chi connectivity index (χ0v) is 23.2. The molecule has 3 aromatic rings. The van der Waals surface area contributed by atoms with E-state index < -0.39 is 11.4 Å². The van der Waals surface area contributed by atoms with Crippen molar-refractivity contribution >= 4 is 28.6 Å². The minimum atomic E-state index is -1.26. The fraction of sp³-hybridized carbons (Fsp3) is 0.433. The van der Waals surface area contributed by atoms with Gasteiger partial charge in [0.25, 0.3) is 0 Å². The van der Waals surface area contributed by atoms with Crippen molar-refractivity contribution in [2.75, 3.05) is 28.7 Å². The number of aryl methyl sites for hydroxylation is 1. The summed E-state index contributed by atoms with van der Waals surface area (Å²) in [4.78, 5) is 7.89. The largest absolute Gasteiger partial charge is 0.593 e. The molecule has 0 amide bonds. The van der Waals surface area contributed by atoms with E-state index in [1.165, 1.54) is 28.7 Å². The van der Waals surface area contributed by atoms with E-state index in [4.69, 9.17) is 11.6 Å². The van der Waals surface area contributed by atoms with Gasteiger partial charge in [-0.15, -0.1) is 4.31 Å². The molecule has 0 spiro atoms. The summed E-state index contributed by atoms with van der Waals surface area (Å²) in [5.41, 5.74) is 14.2. The van der Waals surface area contributed by atoms with Crippen LogP contribution in [0.5, 0.6) is 0 Å². The Balaban J connectivity index is 1.25. The molecule has 6 rings (SSSR count). The van der Waals surface area contributed by atoms with Crippen LogP contribution in [0.2, 0.25) is 0 Å². The first-order chi connectivity index (χ1) is 18.4. The molecule has 2 aromatic carbocycles. The van der Waals surface area contributed by atoms with E-state index in [0.29, 0.717) is 18.6 Å². The highest BCUT2D eigenvalue weighted by Gasteiger charge is 2.39.